The van der Waals surface area contributed by atoms with Gasteiger partial charge in [-0.1, -0.05) is 24.8 Å². The Morgan fingerprint density at radius 3 is 2.79 bits per heavy atom. The summed E-state index contributed by atoms with van der Waals surface area (Å²) in [5, 5.41) is 9.47. The van der Waals surface area contributed by atoms with Gasteiger partial charge in [0.05, 0.1) is 30.3 Å². The Kier molecular flexibility index (Phi) is 6.66. The zero-order valence-corrected chi connectivity index (χ0v) is 22.1. The molecule has 2 atom stereocenters. The summed E-state index contributed by atoms with van der Waals surface area (Å²) < 4.78 is 5.51. The van der Waals surface area contributed by atoms with Gasteiger partial charge in [0.15, 0.2) is 0 Å². The van der Waals surface area contributed by atoms with Crippen LogP contribution in [0.2, 0.25) is 0 Å². The number of carbonyl (C=O) groups excluding carboxylic acids is 1. The summed E-state index contributed by atoms with van der Waals surface area (Å²) >= 11 is 0. The molecule has 0 N–H and O–H groups in total. The van der Waals surface area contributed by atoms with E-state index in [4.69, 9.17) is 14.7 Å². The van der Waals surface area contributed by atoms with E-state index in [-0.39, 0.29) is 24.5 Å². The predicted octanol–water partition coefficient (Wildman–Crippen LogP) is 2.35. The van der Waals surface area contributed by atoms with Gasteiger partial charge in [0.1, 0.15) is 5.82 Å². The maximum Gasteiger partial charge on any atom is 0.246 e. The Labute approximate surface area is 224 Å². The lowest BCUT2D eigenvalue weighted by atomic mass is 9.90. The van der Waals surface area contributed by atoms with Crippen molar-refractivity contribution in [2.45, 2.75) is 50.3 Å². The molecular weight excluding hydrogens is 478 g/mol. The van der Waals surface area contributed by atoms with Gasteiger partial charge >= 0.3 is 0 Å². The zero-order valence-electron chi connectivity index (χ0n) is 22.1. The van der Waals surface area contributed by atoms with E-state index in [1.54, 1.807) is 12.0 Å². The third-order valence-corrected chi connectivity index (χ3v) is 8.61. The Morgan fingerprint density at radius 2 is 2.00 bits per heavy atom. The Bertz CT molecular complexity index is 1270. The van der Waals surface area contributed by atoms with Crippen LogP contribution in [0, 0.1) is 11.3 Å². The number of amides is 1. The van der Waals surface area contributed by atoms with Gasteiger partial charge in [-0.05, 0) is 37.0 Å². The molecular formula is C29H35N7O2. The fourth-order valence-electron chi connectivity index (χ4n) is 6.46. The zero-order chi connectivity index (χ0) is 26.2. The van der Waals surface area contributed by atoms with Crippen molar-refractivity contribution in [1.29, 1.82) is 5.26 Å². The van der Waals surface area contributed by atoms with Gasteiger partial charge in [-0.2, -0.15) is 10.2 Å². The van der Waals surface area contributed by atoms with E-state index in [0.717, 1.165) is 62.8 Å². The van der Waals surface area contributed by atoms with Crippen molar-refractivity contribution in [2.24, 2.45) is 0 Å². The average Bonchev–Trinajstić information content (AvgIpc) is 3.36. The molecule has 6 rings (SSSR count). The predicted molar refractivity (Wildman–Crippen MR) is 146 cm³/mol. The number of benzene rings is 1. The van der Waals surface area contributed by atoms with Crippen LogP contribution in [0.3, 0.4) is 0 Å². The van der Waals surface area contributed by atoms with Crippen molar-refractivity contribution in [3.8, 4) is 6.07 Å². The first-order valence-corrected chi connectivity index (χ1v) is 13.7. The number of rotatable bonds is 6. The number of nitrogens with zero attached hydrogens (tertiary/aromatic N) is 7. The summed E-state index contributed by atoms with van der Waals surface area (Å²) in [7, 11) is 1.75. The lowest BCUT2D eigenvalue weighted by Crippen LogP contribution is -2.56. The largest absolute Gasteiger partial charge is 0.378 e. The molecule has 1 aromatic carbocycles. The highest BCUT2D eigenvalue weighted by atomic mass is 16.5. The van der Waals surface area contributed by atoms with E-state index in [9.17, 15) is 10.1 Å². The second kappa shape index (κ2) is 10.3. The van der Waals surface area contributed by atoms with Crippen LogP contribution in [0.1, 0.15) is 29.7 Å². The molecule has 9 heteroatoms. The minimum absolute atomic E-state index is 0.116. The van der Waals surface area contributed by atoms with Crippen LogP contribution in [0.15, 0.2) is 36.9 Å². The number of aromatic nitrogens is 2. The maximum atomic E-state index is 12.5. The second-order valence-electron chi connectivity index (χ2n) is 10.7. The number of carbonyl (C=O) groups is 1. The van der Waals surface area contributed by atoms with Crippen molar-refractivity contribution in [3.63, 3.8) is 0 Å². The number of fused-ring (bicyclic) bond motifs is 2. The van der Waals surface area contributed by atoms with Crippen LogP contribution in [-0.4, -0.2) is 85.3 Å². The van der Waals surface area contributed by atoms with E-state index in [2.05, 4.69) is 51.6 Å². The molecule has 9 nitrogen and oxygen atoms in total. The molecule has 1 amide bonds. The van der Waals surface area contributed by atoms with Crippen LogP contribution >= 0.6 is 0 Å². The highest BCUT2D eigenvalue weighted by Gasteiger charge is 2.37. The molecule has 3 aliphatic heterocycles. The summed E-state index contributed by atoms with van der Waals surface area (Å²) in [6, 6.07) is 11.3. The van der Waals surface area contributed by atoms with E-state index in [1.807, 2.05) is 0 Å². The quantitative estimate of drug-likeness (QED) is 0.544. The molecule has 198 valence electrons. The second-order valence-corrected chi connectivity index (χ2v) is 10.7. The third-order valence-electron chi connectivity index (χ3n) is 8.61. The first kappa shape index (κ1) is 24.7. The fraction of sp³-hybridized carbons (Fsp3) is 0.517. The number of ether oxygens (including phenoxy) is 1. The molecule has 38 heavy (non-hydrogen) atoms. The van der Waals surface area contributed by atoms with E-state index < -0.39 is 0 Å². The van der Waals surface area contributed by atoms with Crippen LogP contribution < -0.4 is 14.7 Å². The maximum absolute atomic E-state index is 12.5. The minimum atomic E-state index is -0.187. The van der Waals surface area contributed by atoms with Gasteiger partial charge in [0, 0.05) is 70.1 Å². The highest BCUT2D eigenvalue weighted by molar-refractivity contribution is 5.87. The van der Waals surface area contributed by atoms with Crippen molar-refractivity contribution < 1.29 is 9.53 Å². The van der Waals surface area contributed by atoms with E-state index >= 15 is 0 Å². The molecule has 2 aromatic rings. The van der Waals surface area contributed by atoms with Crippen molar-refractivity contribution >= 4 is 23.4 Å². The number of hydrogen-bond donors (Lipinski definition) is 0. The molecule has 0 spiro atoms. The van der Waals surface area contributed by atoms with Crippen molar-refractivity contribution in [1.82, 2.24) is 14.9 Å². The summed E-state index contributed by atoms with van der Waals surface area (Å²) in [5.74, 6) is 1.62. The molecule has 2 saturated heterocycles. The molecule has 2 fully saturated rings. The molecule has 1 unspecified atom stereocenters. The molecule has 4 aliphatic rings. The van der Waals surface area contributed by atoms with Crippen LogP contribution in [0.4, 0.5) is 17.5 Å². The van der Waals surface area contributed by atoms with Crippen molar-refractivity contribution in [3.05, 3.63) is 53.7 Å². The van der Waals surface area contributed by atoms with E-state index in [1.165, 1.54) is 22.9 Å². The first-order chi connectivity index (χ1) is 18.6. The number of anilines is 3. The Hall–Kier alpha value is -3.64. The topological polar surface area (TPSA) is 88.8 Å². The number of piperazine rings is 1. The first-order valence-electron chi connectivity index (χ1n) is 13.7. The minimum Gasteiger partial charge on any atom is -0.378 e. The van der Waals surface area contributed by atoms with E-state index in [0.29, 0.717) is 25.7 Å². The van der Waals surface area contributed by atoms with Crippen LogP contribution in [0.5, 0.6) is 0 Å². The van der Waals surface area contributed by atoms with Gasteiger partial charge in [-0.15, -0.1) is 0 Å². The summed E-state index contributed by atoms with van der Waals surface area (Å²) in [6.45, 7) is 8.09. The summed E-state index contributed by atoms with van der Waals surface area (Å²) in [6.07, 6.45) is 5.81. The van der Waals surface area contributed by atoms with Crippen LogP contribution in [0.25, 0.3) is 0 Å². The lowest BCUT2D eigenvalue weighted by Gasteiger charge is -2.43. The van der Waals surface area contributed by atoms with Gasteiger partial charge in [-0.25, -0.2) is 4.98 Å². The van der Waals surface area contributed by atoms with Gasteiger partial charge in [-0.3, -0.25) is 4.79 Å². The fourth-order valence-corrected chi connectivity index (χ4v) is 6.46. The molecule has 1 aliphatic carbocycles. The normalized spacial score (nSPS) is 22.9. The number of hydrogen-bond acceptors (Lipinski definition) is 8. The third kappa shape index (κ3) is 4.37. The highest BCUT2D eigenvalue weighted by Crippen LogP contribution is 2.37. The average molecular weight is 514 g/mol. The van der Waals surface area contributed by atoms with Gasteiger partial charge in [0.25, 0.3) is 0 Å². The number of para-hydroxylation sites is 1. The molecule has 0 radical (unpaired) electrons. The van der Waals surface area contributed by atoms with Crippen molar-refractivity contribution in [2.75, 3.05) is 61.1 Å². The summed E-state index contributed by atoms with van der Waals surface area (Å²) in [5.41, 5.74) is 5.15. The molecule has 1 aromatic heterocycles. The Balaban J connectivity index is 1.31. The SMILES string of the molecule is C=CC(=O)N1CCN(c2nc(N3CC(OC)C3)nc3c2CCC(N2CCc4ccccc42)C3)C[C@@H]1CC#N. The monoisotopic (exact) mass is 513 g/mol. The molecule has 0 saturated carbocycles. The van der Waals surface area contributed by atoms with Gasteiger partial charge in [0.2, 0.25) is 11.9 Å². The lowest BCUT2D eigenvalue weighted by molar-refractivity contribution is -0.128. The molecule has 0 bridgehead atoms. The summed E-state index contributed by atoms with van der Waals surface area (Å²) in [4.78, 5) is 31.5. The molecule has 4 heterocycles. The Morgan fingerprint density at radius 1 is 1.16 bits per heavy atom. The van der Waals surface area contributed by atoms with Gasteiger partial charge < -0.3 is 24.3 Å². The smallest absolute Gasteiger partial charge is 0.246 e. The van der Waals surface area contributed by atoms with Crippen LogP contribution in [-0.2, 0) is 28.8 Å². The number of methoxy groups -OCH3 is 1. The standard InChI is InChI=1S/C29H35N7O2/c1-3-27(37)36-15-14-33(17-22(36)10-12-30)28-24-9-8-21(35-13-11-20-6-4-5-7-26(20)35)16-25(24)31-29(32-28)34-18-23(19-34)38-2/h3-7,21-23H,1,8-11,13-19H2,2H3/t21?,22-/m0/s1. The number of nitriles is 1.